The number of benzene rings is 1. The third-order valence-corrected chi connectivity index (χ3v) is 4.38. The minimum atomic E-state index is 0.0127. The van der Waals surface area contributed by atoms with Gasteiger partial charge in [0.2, 0.25) is 0 Å². The Labute approximate surface area is 146 Å². The lowest BCUT2D eigenvalue weighted by atomic mass is 10.2. The van der Waals surface area contributed by atoms with Gasteiger partial charge in [0.25, 0.3) is 5.91 Å². The molecule has 2 heterocycles. The average Bonchev–Trinajstić information content (AvgIpc) is 2.62. The molecule has 0 radical (unpaired) electrons. The van der Waals surface area contributed by atoms with Crippen LogP contribution in [0.1, 0.15) is 5.56 Å². The zero-order valence-corrected chi connectivity index (χ0v) is 14.4. The first-order chi connectivity index (χ1) is 11.6. The molecular formula is C18H20ClN3O2. The summed E-state index contributed by atoms with van der Waals surface area (Å²) in [6.07, 6.45) is 3.57. The number of pyridine rings is 1. The van der Waals surface area contributed by atoms with Crippen molar-refractivity contribution in [2.45, 2.75) is 6.92 Å². The lowest BCUT2D eigenvalue weighted by molar-refractivity contribution is -0.133. The van der Waals surface area contributed by atoms with Gasteiger partial charge >= 0.3 is 0 Å². The molecule has 0 unspecified atom stereocenters. The number of nitrogens with zero attached hydrogens (tertiary/aromatic N) is 3. The zero-order chi connectivity index (χ0) is 16.9. The van der Waals surface area contributed by atoms with Crippen LogP contribution in [0.2, 0.25) is 5.02 Å². The van der Waals surface area contributed by atoms with Crippen molar-refractivity contribution < 1.29 is 9.53 Å². The second-order valence-corrected chi connectivity index (χ2v) is 6.21. The van der Waals surface area contributed by atoms with E-state index in [1.807, 2.05) is 30.0 Å². The predicted molar refractivity (Wildman–Crippen MR) is 94.7 cm³/mol. The molecule has 1 saturated heterocycles. The molecule has 0 N–H and O–H groups in total. The van der Waals surface area contributed by atoms with E-state index in [1.54, 1.807) is 24.5 Å². The average molecular weight is 346 g/mol. The number of hydrogen-bond donors (Lipinski definition) is 0. The molecule has 1 fully saturated rings. The van der Waals surface area contributed by atoms with E-state index in [0.29, 0.717) is 23.9 Å². The fourth-order valence-electron chi connectivity index (χ4n) is 2.77. The molecule has 3 rings (SSSR count). The van der Waals surface area contributed by atoms with E-state index in [2.05, 4.69) is 9.88 Å². The van der Waals surface area contributed by atoms with Crippen molar-refractivity contribution in [2.75, 3.05) is 37.7 Å². The highest BCUT2D eigenvalue weighted by Crippen LogP contribution is 2.22. The summed E-state index contributed by atoms with van der Waals surface area (Å²) in [5, 5.41) is 0.665. The van der Waals surface area contributed by atoms with Gasteiger partial charge in [0, 0.05) is 49.3 Å². The maximum Gasteiger partial charge on any atom is 0.260 e. The predicted octanol–water partition coefficient (Wildman–Crippen LogP) is 2.77. The number of aromatic nitrogens is 1. The van der Waals surface area contributed by atoms with Gasteiger partial charge in [-0.15, -0.1) is 0 Å². The number of carbonyl (C=O) groups excluding carboxylic acids is 1. The smallest absolute Gasteiger partial charge is 0.260 e. The molecule has 0 aliphatic carbocycles. The Morgan fingerprint density at radius 2 is 1.88 bits per heavy atom. The summed E-state index contributed by atoms with van der Waals surface area (Å²) in [5.74, 6) is 0.710. The van der Waals surface area contributed by atoms with Gasteiger partial charge in [0.1, 0.15) is 5.75 Å². The Balaban J connectivity index is 1.50. The van der Waals surface area contributed by atoms with E-state index < -0.39 is 0 Å². The van der Waals surface area contributed by atoms with Crippen molar-refractivity contribution >= 4 is 23.2 Å². The highest BCUT2D eigenvalue weighted by molar-refractivity contribution is 6.30. The van der Waals surface area contributed by atoms with E-state index in [4.69, 9.17) is 16.3 Å². The van der Waals surface area contributed by atoms with E-state index >= 15 is 0 Å². The van der Waals surface area contributed by atoms with Gasteiger partial charge in [-0.1, -0.05) is 11.6 Å². The van der Waals surface area contributed by atoms with Crippen LogP contribution in [-0.4, -0.2) is 48.6 Å². The van der Waals surface area contributed by atoms with Crippen LogP contribution in [-0.2, 0) is 4.79 Å². The zero-order valence-electron chi connectivity index (χ0n) is 13.6. The Morgan fingerprint density at radius 1 is 1.17 bits per heavy atom. The Morgan fingerprint density at radius 3 is 2.54 bits per heavy atom. The van der Waals surface area contributed by atoms with E-state index in [1.165, 1.54) is 0 Å². The number of ether oxygens (including phenoxy) is 1. The van der Waals surface area contributed by atoms with Crippen LogP contribution in [0.25, 0.3) is 0 Å². The highest BCUT2D eigenvalue weighted by Gasteiger charge is 2.21. The van der Waals surface area contributed by atoms with Crippen LogP contribution < -0.4 is 9.64 Å². The molecule has 5 nitrogen and oxygen atoms in total. The molecule has 24 heavy (non-hydrogen) atoms. The van der Waals surface area contributed by atoms with E-state index in [0.717, 1.165) is 24.3 Å². The molecule has 6 heteroatoms. The number of anilines is 1. The number of rotatable bonds is 4. The minimum Gasteiger partial charge on any atom is -0.483 e. The quantitative estimate of drug-likeness (QED) is 0.854. The normalized spacial score (nSPS) is 14.6. The number of aryl methyl sites for hydroxylation is 1. The molecule has 126 valence electrons. The van der Waals surface area contributed by atoms with Crippen molar-refractivity contribution in [1.82, 2.24) is 9.88 Å². The van der Waals surface area contributed by atoms with Crippen LogP contribution in [0.4, 0.5) is 5.69 Å². The minimum absolute atomic E-state index is 0.0127. The molecule has 1 aliphatic rings. The van der Waals surface area contributed by atoms with Crippen molar-refractivity contribution in [1.29, 1.82) is 0 Å². The summed E-state index contributed by atoms with van der Waals surface area (Å²) in [6.45, 7) is 5.00. The van der Waals surface area contributed by atoms with Gasteiger partial charge < -0.3 is 14.5 Å². The summed E-state index contributed by atoms with van der Waals surface area (Å²) < 4.78 is 5.65. The lowest BCUT2D eigenvalue weighted by Gasteiger charge is -2.36. The Kier molecular flexibility index (Phi) is 5.20. The van der Waals surface area contributed by atoms with Gasteiger partial charge in [0.15, 0.2) is 6.61 Å². The van der Waals surface area contributed by atoms with Gasteiger partial charge in [-0.25, -0.2) is 0 Å². The SMILES string of the molecule is Cc1cc(Cl)ccc1OCC(=O)N1CCN(c2ccncc2)CC1. The van der Waals surface area contributed by atoms with Gasteiger partial charge in [-0.2, -0.15) is 0 Å². The van der Waals surface area contributed by atoms with Gasteiger partial charge in [-0.05, 0) is 42.8 Å². The lowest BCUT2D eigenvalue weighted by Crippen LogP contribution is -2.50. The summed E-state index contributed by atoms with van der Waals surface area (Å²) >= 11 is 5.93. The van der Waals surface area contributed by atoms with E-state index in [-0.39, 0.29) is 12.5 Å². The third kappa shape index (κ3) is 3.97. The highest BCUT2D eigenvalue weighted by atomic mass is 35.5. The van der Waals surface area contributed by atoms with Gasteiger partial charge in [0.05, 0.1) is 0 Å². The van der Waals surface area contributed by atoms with Crippen molar-refractivity contribution in [3.8, 4) is 5.75 Å². The Hall–Kier alpha value is -2.27. The first-order valence-corrected chi connectivity index (χ1v) is 8.33. The van der Waals surface area contributed by atoms with Crippen molar-refractivity contribution in [2.24, 2.45) is 0 Å². The van der Waals surface area contributed by atoms with Crippen molar-refractivity contribution in [3.63, 3.8) is 0 Å². The molecule has 1 aliphatic heterocycles. The van der Waals surface area contributed by atoms with E-state index in [9.17, 15) is 4.79 Å². The van der Waals surface area contributed by atoms with Crippen LogP contribution in [0.15, 0.2) is 42.7 Å². The monoisotopic (exact) mass is 345 g/mol. The van der Waals surface area contributed by atoms with Crippen LogP contribution in [0, 0.1) is 6.92 Å². The number of hydrogen-bond acceptors (Lipinski definition) is 4. The number of amides is 1. The summed E-state index contributed by atoms with van der Waals surface area (Å²) in [6, 6.07) is 9.37. The summed E-state index contributed by atoms with van der Waals surface area (Å²) in [7, 11) is 0. The second-order valence-electron chi connectivity index (χ2n) is 5.77. The largest absolute Gasteiger partial charge is 0.483 e. The number of carbonyl (C=O) groups is 1. The fraction of sp³-hybridized carbons (Fsp3) is 0.333. The number of halogens is 1. The molecule has 0 spiro atoms. The first kappa shape index (κ1) is 16.6. The molecular weight excluding hydrogens is 326 g/mol. The molecule has 0 bridgehead atoms. The van der Waals surface area contributed by atoms with Crippen molar-refractivity contribution in [3.05, 3.63) is 53.3 Å². The first-order valence-electron chi connectivity index (χ1n) is 7.95. The standard InChI is InChI=1S/C18H20ClN3O2/c1-14-12-15(19)2-3-17(14)24-13-18(23)22-10-8-21(9-11-22)16-4-6-20-7-5-16/h2-7,12H,8-11,13H2,1H3. The maximum atomic E-state index is 12.3. The van der Waals surface area contributed by atoms with Crippen LogP contribution >= 0.6 is 11.6 Å². The molecule has 1 aromatic heterocycles. The molecule has 1 aromatic carbocycles. The van der Waals surface area contributed by atoms with Crippen LogP contribution in [0.3, 0.4) is 0 Å². The van der Waals surface area contributed by atoms with Crippen LogP contribution in [0.5, 0.6) is 5.75 Å². The second kappa shape index (κ2) is 7.53. The molecule has 2 aromatic rings. The molecule has 0 atom stereocenters. The maximum absolute atomic E-state index is 12.3. The summed E-state index contributed by atoms with van der Waals surface area (Å²) in [4.78, 5) is 20.5. The summed E-state index contributed by atoms with van der Waals surface area (Å²) in [5.41, 5.74) is 2.07. The fourth-order valence-corrected chi connectivity index (χ4v) is 3.00. The third-order valence-electron chi connectivity index (χ3n) is 4.15. The topological polar surface area (TPSA) is 45.7 Å². The number of piperazine rings is 1. The Bertz CT molecular complexity index is 701. The molecule has 1 amide bonds. The van der Waals surface area contributed by atoms with Gasteiger partial charge in [-0.3, -0.25) is 9.78 Å². The molecule has 0 saturated carbocycles.